The molecule has 29 heavy (non-hydrogen) atoms. The molecule has 2 aliphatic rings. The maximum absolute atomic E-state index is 6.07. The van der Waals surface area contributed by atoms with Gasteiger partial charge in [-0.15, -0.1) is 24.0 Å². The molecule has 1 fully saturated rings. The van der Waals surface area contributed by atoms with E-state index >= 15 is 0 Å². The van der Waals surface area contributed by atoms with Gasteiger partial charge in [0.1, 0.15) is 0 Å². The number of anilines is 2. The van der Waals surface area contributed by atoms with Crippen LogP contribution in [-0.2, 0) is 6.54 Å². The Kier molecular flexibility index (Phi) is 7.34. The molecular formula is C20H27IN6O2. The maximum atomic E-state index is 6.07. The number of nitrogens with one attached hydrogen (secondary N) is 1. The first-order valence-corrected chi connectivity index (χ1v) is 9.73. The van der Waals surface area contributed by atoms with Gasteiger partial charge in [-0.05, 0) is 38.0 Å². The summed E-state index contributed by atoms with van der Waals surface area (Å²) in [7, 11) is 0. The van der Waals surface area contributed by atoms with Gasteiger partial charge in [0, 0.05) is 37.0 Å². The number of halogens is 1. The van der Waals surface area contributed by atoms with E-state index in [9.17, 15) is 0 Å². The Morgan fingerprint density at radius 3 is 2.66 bits per heavy atom. The van der Waals surface area contributed by atoms with Crippen LogP contribution in [0, 0.1) is 6.92 Å². The summed E-state index contributed by atoms with van der Waals surface area (Å²) < 4.78 is 11.4. The first kappa shape index (κ1) is 21.4. The zero-order valence-electron chi connectivity index (χ0n) is 16.6. The first-order chi connectivity index (χ1) is 13.7. The van der Waals surface area contributed by atoms with E-state index in [-0.39, 0.29) is 24.0 Å². The quantitative estimate of drug-likeness (QED) is 0.371. The second-order valence-electron chi connectivity index (χ2n) is 7.03. The zero-order valence-corrected chi connectivity index (χ0v) is 18.9. The molecule has 0 radical (unpaired) electrons. The third-order valence-electron chi connectivity index (χ3n) is 4.72. The van der Waals surface area contributed by atoms with Crippen LogP contribution in [0.15, 0.2) is 29.3 Å². The molecule has 0 amide bonds. The van der Waals surface area contributed by atoms with Crippen LogP contribution in [0.1, 0.15) is 30.7 Å². The van der Waals surface area contributed by atoms with Gasteiger partial charge in [0.05, 0.1) is 25.5 Å². The highest BCUT2D eigenvalue weighted by atomic mass is 127. The standard InChI is InChI=1S/C20H26N6O2.HI/c1-14-11-16(25-20(23-14)26-7-2-3-8-26)13-22-19(21)24-15-5-6-17-18(12-15)28-10-4-9-27-17;/h5-6,11-12H,2-4,7-10,13H2,1H3,(H3,21,22,24);1H. The highest BCUT2D eigenvalue weighted by molar-refractivity contribution is 14.0. The summed E-state index contributed by atoms with van der Waals surface area (Å²) >= 11 is 0. The lowest BCUT2D eigenvalue weighted by atomic mass is 10.3. The molecule has 3 N–H and O–H groups in total. The minimum Gasteiger partial charge on any atom is -0.490 e. The highest BCUT2D eigenvalue weighted by Gasteiger charge is 2.16. The van der Waals surface area contributed by atoms with E-state index < -0.39 is 0 Å². The van der Waals surface area contributed by atoms with Crippen LogP contribution in [-0.4, -0.2) is 42.2 Å². The van der Waals surface area contributed by atoms with Gasteiger partial charge in [0.15, 0.2) is 17.5 Å². The number of aliphatic imine (C=N–C) groups is 1. The molecule has 2 aromatic rings. The molecule has 4 rings (SSSR count). The Bertz CT molecular complexity index is 870. The van der Waals surface area contributed by atoms with Crippen molar-refractivity contribution in [1.82, 2.24) is 9.97 Å². The molecular weight excluding hydrogens is 483 g/mol. The van der Waals surface area contributed by atoms with Crippen LogP contribution in [0.25, 0.3) is 0 Å². The predicted molar refractivity (Wildman–Crippen MR) is 125 cm³/mol. The predicted octanol–water partition coefficient (Wildman–Crippen LogP) is 3.09. The maximum Gasteiger partial charge on any atom is 0.225 e. The summed E-state index contributed by atoms with van der Waals surface area (Å²) in [5, 5.41) is 3.11. The number of benzene rings is 1. The average Bonchev–Trinajstić information content (AvgIpc) is 3.12. The molecule has 0 bridgehead atoms. The van der Waals surface area contributed by atoms with Crippen molar-refractivity contribution in [2.75, 3.05) is 36.5 Å². The van der Waals surface area contributed by atoms with Gasteiger partial charge in [-0.25, -0.2) is 15.0 Å². The number of hydrogen-bond acceptors (Lipinski definition) is 6. The molecule has 156 valence electrons. The fourth-order valence-corrected chi connectivity index (χ4v) is 3.35. The van der Waals surface area contributed by atoms with Crippen LogP contribution in [0.2, 0.25) is 0 Å². The molecule has 0 unspecified atom stereocenters. The molecule has 1 aromatic heterocycles. The minimum absolute atomic E-state index is 0. The molecule has 0 atom stereocenters. The molecule has 8 nitrogen and oxygen atoms in total. The first-order valence-electron chi connectivity index (χ1n) is 9.73. The van der Waals surface area contributed by atoms with Crippen LogP contribution in [0.3, 0.4) is 0 Å². The Hall–Kier alpha value is -2.30. The SMILES string of the molecule is Cc1cc(CN=C(N)Nc2ccc3c(c2)OCCCO3)nc(N2CCCC2)n1.I. The highest BCUT2D eigenvalue weighted by Crippen LogP contribution is 2.32. The lowest BCUT2D eigenvalue weighted by Gasteiger charge is -2.16. The van der Waals surface area contributed by atoms with E-state index in [0.717, 1.165) is 54.0 Å². The van der Waals surface area contributed by atoms with Crippen molar-refractivity contribution < 1.29 is 9.47 Å². The fraction of sp³-hybridized carbons (Fsp3) is 0.450. The van der Waals surface area contributed by atoms with Gasteiger partial charge in [-0.2, -0.15) is 0 Å². The number of ether oxygens (including phenoxy) is 2. The lowest BCUT2D eigenvalue weighted by molar-refractivity contribution is 0.297. The van der Waals surface area contributed by atoms with Crippen molar-refractivity contribution >= 4 is 41.6 Å². The van der Waals surface area contributed by atoms with Crippen molar-refractivity contribution in [2.24, 2.45) is 10.7 Å². The Balaban J connectivity index is 0.00000240. The summed E-state index contributed by atoms with van der Waals surface area (Å²) in [4.78, 5) is 15.9. The molecule has 1 saturated heterocycles. The number of aromatic nitrogens is 2. The lowest BCUT2D eigenvalue weighted by Crippen LogP contribution is -2.23. The number of rotatable bonds is 4. The number of nitrogens with two attached hydrogens (primary N) is 1. The van der Waals surface area contributed by atoms with Crippen LogP contribution in [0.4, 0.5) is 11.6 Å². The number of aryl methyl sites for hydroxylation is 1. The van der Waals surface area contributed by atoms with E-state index in [2.05, 4.69) is 25.2 Å². The van der Waals surface area contributed by atoms with E-state index in [4.69, 9.17) is 15.2 Å². The van der Waals surface area contributed by atoms with Gasteiger partial charge in [-0.3, -0.25) is 0 Å². The molecule has 0 aliphatic carbocycles. The minimum atomic E-state index is 0. The summed E-state index contributed by atoms with van der Waals surface area (Å²) in [6.45, 7) is 5.72. The number of fused-ring (bicyclic) bond motifs is 1. The van der Waals surface area contributed by atoms with Crippen LogP contribution >= 0.6 is 24.0 Å². The Morgan fingerprint density at radius 2 is 1.86 bits per heavy atom. The number of hydrogen-bond donors (Lipinski definition) is 2. The fourth-order valence-electron chi connectivity index (χ4n) is 3.35. The second kappa shape index (κ2) is 9.95. The zero-order chi connectivity index (χ0) is 19.3. The second-order valence-corrected chi connectivity index (χ2v) is 7.03. The third kappa shape index (κ3) is 5.62. The summed E-state index contributed by atoms with van der Waals surface area (Å²) in [5.74, 6) is 2.59. The molecule has 3 heterocycles. The van der Waals surface area contributed by atoms with Gasteiger partial charge < -0.3 is 25.4 Å². The molecule has 2 aliphatic heterocycles. The normalized spacial score (nSPS) is 16.2. The average molecular weight is 510 g/mol. The molecule has 9 heteroatoms. The molecule has 1 aromatic carbocycles. The smallest absolute Gasteiger partial charge is 0.225 e. The van der Waals surface area contributed by atoms with Gasteiger partial charge in [0.2, 0.25) is 5.95 Å². The summed E-state index contributed by atoms with van der Waals surface area (Å²) in [6, 6.07) is 7.61. The Morgan fingerprint density at radius 1 is 1.10 bits per heavy atom. The third-order valence-corrected chi connectivity index (χ3v) is 4.72. The largest absolute Gasteiger partial charge is 0.490 e. The van der Waals surface area contributed by atoms with E-state index in [1.165, 1.54) is 12.8 Å². The Labute approximate surface area is 187 Å². The van der Waals surface area contributed by atoms with Gasteiger partial charge >= 0.3 is 0 Å². The summed E-state index contributed by atoms with van der Waals surface area (Å²) in [5.41, 5.74) is 8.68. The van der Waals surface area contributed by atoms with Gasteiger partial charge in [0.25, 0.3) is 0 Å². The van der Waals surface area contributed by atoms with Crippen LogP contribution < -0.4 is 25.4 Å². The van der Waals surface area contributed by atoms with Crippen molar-refractivity contribution in [3.05, 3.63) is 35.7 Å². The number of nitrogens with zero attached hydrogens (tertiary/aromatic N) is 4. The van der Waals surface area contributed by atoms with E-state index in [0.29, 0.717) is 25.7 Å². The van der Waals surface area contributed by atoms with Crippen molar-refractivity contribution in [1.29, 1.82) is 0 Å². The van der Waals surface area contributed by atoms with E-state index in [1.807, 2.05) is 31.2 Å². The summed E-state index contributed by atoms with van der Waals surface area (Å²) in [6.07, 6.45) is 3.26. The topological polar surface area (TPSA) is 97.9 Å². The van der Waals surface area contributed by atoms with Crippen molar-refractivity contribution in [2.45, 2.75) is 32.7 Å². The number of guanidine groups is 1. The van der Waals surface area contributed by atoms with Gasteiger partial charge in [-0.1, -0.05) is 0 Å². The van der Waals surface area contributed by atoms with E-state index in [1.54, 1.807) is 0 Å². The molecule has 0 saturated carbocycles. The van der Waals surface area contributed by atoms with Crippen molar-refractivity contribution in [3.8, 4) is 11.5 Å². The van der Waals surface area contributed by atoms with Crippen LogP contribution in [0.5, 0.6) is 11.5 Å². The molecule has 0 spiro atoms. The monoisotopic (exact) mass is 510 g/mol. The van der Waals surface area contributed by atoms with Crippen molar-refractivity contribution in [3.63, 3.8) is 0 Å².